The highest BCUT2D eigenvalue weighted by atomic mass is 16.5. The fourth-order valence-corrected chi connectivity index (χ4v) is 2.58. The zero-order valence-electron chi connectivity index (χ0n) is 11.7. The zero-order chi connectivity index (χ0) is 13.8. The Morgan fingerprint density at radius 2 is 1.95 bits per heavy atom. The molecule has 1 aliphatic heterocycles. The lowest BCUT2D eigenvalue weighted by atomic mass is 9.94. The van der Waals surface area contributed by atoms with E-state index in [1.807, 2.05) is 18.2 Å². The third-order valence-electron chi connectivity index (χ3n) is 3.62. The van der Waals surface area contributed by atoms with Crippen molar-refractivity contribution < 1.29 is 4.74 Å². The molecule has 0 bridgehead atoms. The number of aromatic nitrogens is 2. The molecule has 3 rings (SSSR count). The molecule has 104 valence electrons. The highest BCUT2D eigenvalue weighted by Gasteiger charge is 2.21. The van der Waals surface area contributed by atoms with Crippen LogP contribution >= 0.6 is 0 Å². The number of ether oxygens (including phenoxy) is 1. The summed E-state index contributed by atoms with van der Waals surface area (Å²) in [6, 6.07) is 8.01. The summed E-state index contributed by atoms with van der Waals surface area (Å²) in [7, 11) is 0. The molecule has 0 saturated carbocycles. The summed E-state index contributed by atoms with van der Waals surface area (Å²) in [4.78, 5) is 8.88. The van der Waals surface area contributed by atoms with Gasteiger partial charge in [-0.15, -0.1) is 0 Å². The fraction of sp³-hybridized carbons (Fsp3) is 0.375. The van der Waals surface area contributed by atoms with E-state index in [4.69, 9.17) is 4.74 Å². The number of hydrogen-bond acceptors (Lipinski definition) is 4. The maximum Gasteiger partial charge on any atom is 0.241 e. The lowest BCUT2D eigenvalue weighted by molar-refractivity contribution is 0.410. The van der Waals surface area contributed by atoms with Crippen LogP contribution in [0.15, 0.2) is 36.7 Å². The minimum Gasteiger partial charge on any atom is -0.437 e. The van der Waals surface area contributed by atoms with Gasteiger partial charge in [0.15, 0.2) is 0 Å². The number of nitrogens with zero attached hydrogens (tertiary/aromatic N) is 2. The summed E-state index contributed by atoms with van der Waals surface area (Å²) in [5.74, 6) is 1.90. The van der Waals surface area contributed by atoms with Crippen molar-refractivity contribution >= 4 is 0 Å². The van der Waals surface area contributed by atoms with Crippen LogP contribution in [0.2, 0.25) is 0 Å². The summed E-state index contributed by atoms with van der Waals surface area (Å²) in [5, 5.41) is 3.37. The topological polar surface area (TPSA) is 47.0 Å². The van der Waals surface area contributed by atoms with Crippen LogP contribution in [-0.4, -0.2) is 23.1 Å². The number of rotatable bonds is 3. The lowest BCUT2D eigenvalue weighted by Crippen LogP contribution is -2.27. The lowest BCUT2D eigenvalue weighted by Gasteiger charge is -2.23. The summed E-state index contributed by atoms with van der Waals surface area (Å²) in [5.41, 5.74) is 2.16. The van der Waals surface area contributed by atoms with E-state index >= 15 is 0 Å². The predicted molar refractivity (Wildman–Crippen MR) is 78.1 cm³/mol. The second kappa shape index (κ2) is 6.01. The monoisotopic (exact) mass is 269 g/mol. The molecule has 1 aromatic heterocycles. The van der Waals surface area contributed by atoms with Gasteiger partial charge in [0, 0.05) is 18.3 Å². The second-order valence-corrected chi connectivity index (χ2v) is 5.19. The Kier molecular flexibility index (Phi) is 3.92. The van der Waals surface area contributed by atoms with E-state index in [2.05, 4.69) is 28.3 Å². The summed E-state index contributed by atoms with van der Waals surface area (Å²) >= 11 is 0. The van der Waals surface area contributed by atoms with Gasteiger partial charge in [-0.05, 0) is 50.6 Å². The average Bonchev–Trinajstić information content (AvgIpc) is 2.49. The first-order valence-electron chi connectivity index (χ1n) is 7.09. The molecule has 0 aliphatic carbocycles. The minimum absolute atomic E-state index is 0.435. The van der Waals surface area contributed by atoms with Gasteiger partial charge >= 0.3 is 0 Å². The number of hydrogen-bond donors (Lipinski definition) is 1. The molecule has 1 aromatic carbocycles. The molecule has 0 atom stereocenters. The standard InChI is InChI=1S/C16H19N3O/c1-12-3-2-4-14(11-12)20-16-15(18-9-10-19-16)13-5-7-17-8-6-13/h2-4,9-11,13,17H,5-8H2,1H3. The van der Waals surface area contributed by atoms with E-state index < -0.39 is 0 Å². The van der Waals surface area contributed by atoms with Gasteiger partial charge < -0.3 is 10.1 Å². The van der Waals surface area contributed by atoms with E-state index in [1.54, 1.807) is 12.4 Å². The molecule has 0 amide bonds. The van der Waals surface area contributed by atoms with Crippen molar-refractivity contribution in [1.29, 1.82) is 0 Å². The normalized spacial score (nSPS) is 16.1. The summed E-state index contributed by atoms with van der Waals surface area (Å²) in [6.45, 7) is 4.12. The molecule has 20 heavy (non-hydrogen) atoms. The Morgan fingerprint density at radius 3 is 2.75 bits per heavy atom. The molecular weight excluding hydrogens is 250 g/mol. The number of aryl methyl sites for hydroxylation is 1. The summed E-state index contributed by atoms with van der Waals surface area (Å²) < 4.78 is 5.95. The molecule has 1 aliphatic rings. The van der Waals surface area contributed by atoms with Crippen molar-refractivity contribution in [3.8, 4) is 11.6 Å². The molecule has 0 radical (unpaired) electrons. The molecule has 1 N–H and O–H groups in total. The van der Waals surface area contributed by atoms with Crippen molar-refractivity contribution in [2.75, 3.05) is 13.1 Å². The number of nitrogens with one attached hydrogen (secondary N) is 1. The van der Waals surface area contributed by atoms with Crippen molar-refractivity contribution in [3.05, 3.63) is 47.9 Å². The minimum atomic E-state index is 0.435. The van der Waals surface area contributed by atoms with Crippen molar-refractivity contribution in [2.45, 2.75) is 25.7 Å². The van der Waals surface area contributed by atoms with Crippen molar-refractivity contribution in [3.63, 3.8) is 0 Å². The van der Waals surface area contributed by atoms with E-state index in [1.165, 1.54) is 5.56 Å². The first-order valence-corrected chi connectivity index (χ1v) is 7.09. The molecule has 4 heteroatoms. The van der Waals surface area contributed by atoms with Crippen LogP contribution in [0, 0.1) is 6.92 Å². The van der Waals surface area contributed by atoms with Crippen LogP contribution in [0.3, 0.4) is 0 Å². The Bertz CT molecular complexity index is 579. The SMILES string of the molecule is Cc1cccc(Oc2nccnc2C2CCNCC2)c1. The Hall–Kier alpha value is -1.94. The van der Waals surface area contributed by atoms with Gasteiger partial charge in [-0.3, -0.25) is 4.98 Å². The van der Waals surface area contributed by atoms with Gasteiger partial charge in [0.1, 0.15) is 11.4 Å². The number of piperidine rings is 1. The largest absolute Gasteiger partial charge is 0.437 e. The molecule has 0 unspecified atom stereocenters. The van der Waals surface area contributed by atoms with Gasteiger partial charge in [0.05, 0.1) is 0 Å². The number of benzene rings is 1. The van der Waals surface area contributed by atoms with E-state index in [-0.39, 0.29) is 0 Å². The maximum absolute atomic E-state index is 5.95. The van der Waals surface area contributed by atoms with Crippen LogP contribution in [0.1, 0.15) is 30.0 Å². The van der Waals surface area contributed by atoms with Crippen LogP contribution < -0.4 is 10.1 Å². The fourth-order valence-electron chi connectivity index (χ4n) is 2.58. The Balaban J connectivity index is 1.85. The Labute approximate surface area is 119 Å². The summed E-state index contributed by atoms with van der Waals surface area (Å²) in [6.07, 6.45) is 5.61. The zero-order valence-corrected chi connectivity index (χ0v) is 11.7. The quantitative estimate of drug-likeness (QED) is 0.930. The van der Waals surface area contributed by atoms with E-state index in [0.717, 1.165) is 37.4 Å². The Morgan fingerprint density at radius 1 is 1.15 bits per heavy atom. The van der Waals surface area contributed by atoms with Crippen molar-refractivity contribution in [2.24, 2.45) is 0 Å². The van der Waals surface area contributed by atoms with Gasteiger partial charge in [-0.1, -0.05) is 12.1 Å². The third kappa shape index (κ3) is 2.96. The van der Waals surface area contributed by atoms with Gasteiger partial charge in [0.25, 0.3) is 0 Å². The smallest absolute Gasteiger partial charge is 0.241 e. The molecule has 1 saturated heterocycles. The van der Waals surface area contributed by atoms with Crippen molar-refractivity contribution in [1.82, 2.24) is 15.3 Å². The van der Waals surface area contributed by atoms with E-state index in [0.29, 0.717) is 11.8 Å². The molecular formula is C16H19N3O. The molecule has 2 heterocycles. The molecule has 1 fully saturated rings. The maximum atomic E-state index is 5.95. The van der Waals surface area contributed by atoms with Crippen LogP contribution in [0.4, 0.5) is 0 Å². The van der Waals surface area contributed by atoms with E-state index in [9.17, 15) is 0 Å². The highest BCUT2D eigenvalue weighted by Crippen LogP contribution is 2.31. The highest BCUT2D eigenvalue weighted by molar-refractivity contribution is 5.33. The second-order valence-electron chi connectivity index (χ2n) is 5.19. The molecule has 0 spiro atoms. The van der Waals surface area contributed by atoms with Gasteiger partial charge in [-0.2, -0.15) is 0 Å². The van der Waals surface area contributed by atoms with Crippen LogP contribution in [0.5, 0.6) is 11.6 Å². The molecule has 2 aromatic rings. The average molecular weight is 269 g/mol. The van der Waals surface area contributed by atoms with Crippen LogP contribution in [0.25, 0.3) is 0 Å². The third-order valence-corrected chi connectivity index (χ3v) is 3.62. The molecule has 4 nitrogen and oxygen atoms in total. The predicted octanol–water partition coefficient (Wildman–Crippen LogP) is 3.04. The first kappa shape index (κ1) is 13.1. The first-order chi connectivity index (χ1) is 9.83. The van der Waals surface area contributed by atoms with Crippen LogP contribution in [-0.2, 0) is 0 Å². The van der Waals surface area contributed by atoms with Gasteiger partial charge in [0.2, 0.25) is 5.88 Å². The van der Waals surface area contributed by atoms with Gasteiger partial charge in [-0.25, -0.2) is 4.98 Å².